The van der Waals surface area contributed by atoms with Crippen molar-refractivity contribution in [2.45, 2.75) is 31.8 Å². The fourth-order valence-electron chi connectivity index (χ4n) is 3.92. The van der Waals surface area contributed by atoms with E-state index in [9.17, 15) is 13.2 Å². The monoisotopic (exact) mass is 549 g/mol. The molecule has 10 nitrogen and oxygen atoms in total. The summed E-state index contributed by atoms with van der Waals surface area (Å²) in [6, 6.07) is 17.1. The van der Waals surface area contributed by atoms with Gasteiger partial charge in [0.25, 0.3) is 10.0 Å². The van der Waals surface area contributed by atoms with Gasteiger partial charge in [-0.1, -0.05) is 23.8 Å². The second kappa shape index (κ2) is 9.88. The third-order valence-corrected chi connectivity index (χ3v) is 7.92. The lowest BCUT2D eigenvalue weighted by atomic mass is 10.1. The number of benzene rings is 2. The Kier molecular flexibility index (Phi) is 6.59. The minimum atomic E-state index is -3.93. The Balaban J connectivity index is 1.70. The van der Waals surface area contributed by atoms with Crippen LogP contribution in [0.1, 0.15) is 19.4 Å². The number of pyridine rings is 1. The largest absolute Gasteiger partial charge is 0.475 e. The van der Waals surface area contributed by atoms with E-state index in [1.807, 2.05) is 20.8 Å². The Morgan fingerprint density at radius 1 is 1.08 bits per heavy atom. The summed E-state index contributed by atoms with van der Waals surface area (Å²) in [6.07, 6.45) is 0.229. The summed E-state index contributed by atoms with van der Waals surface area (Å²) in [5.41, 5.74) is 3.09. The standard InChI is InChI=1S/C26H23N5O5S2/c1-15(2)36-23-6-4-5-21(27-23)20-14-31(38(34,35)18-10-7-16(3)8-11-18)22-12-9-17(13-19(20)22)24-28-25(37-30-24)29-26(32)33/h4-15H,1-3H3,(H,32,33)(H,28,29,30). The van der Waals surface area contributed by atoms with Crippen molar-refractivity contribution in [1.29, 1.82) is 0 Å². The summed E-state index contributed by atoms with van der Waals surface area (Å²) in [5, 5.41) is 11.9. The van der Waals surface area contributed by atoms with Crippen LogP contribution >= 0.6 is 11.5 Å². The number of hydrogen-bond donors (Lipinski definition) is 2. The van der Waals surface area contributed by atoms with Crippen LogP contribution in [0, 0.1) is 6.92 Å². The molecule has 3 heterocycles. The van der Waals surface area contributed by atoms with Gasteiger partial charge < -0.3 is 9.84 Å². The van der Waals surface area contributed by atoms with Crippen molar-refractivity contribution >= 4 is 43.7 Å². The molecule has 0 spiro atoms. The van der Waals surface area contributed by atoms with E-state index in [-0.39, 0.29) is 16.1 Å². The van der Waals surface area contributed by atoms with Gasteiger partial charge in [-0.05, 0) is 57.2 Å². The highest BCUT2D eigenvalue weighted by Gasteiger charge is 2.23. The maximum atomic E-state index is 13.7. The van der Waals surface area contributed by atoms with Crippen LogP contribution in [-0.2, 0) is 10.0 Å². The summed E-state index contributed by atoms with van der Waals surface area (Å²) in [4.78, 5) is 20.0. The average molecular weight is 550 g/mol. The third kappa shape index (κ3) is 4.95. The minimum absolute atomic E-state index is 0.0862. The van der Waals surface area contributed by atoms with Gasteiger partial charge in [0.2, 0.25) is 11.0 Å². The normalized spacial score (nSPS) is 11.7. The SMILES string of the molecule is Cc1ccc(S(=O)(=O)n2cc(-c3cccc(OC(C)C)n3)c3cc(-c4nsc(NC(=O)O)n4)ccc32)cc1. The molecule has 194 valence electrons. The fourth-order valence-corrected chi connectivity index (χ4v) is 5.87. The van der Waals surface area contributed by atoms with Crippen molar-refractivity contribution in [2.75, 3.05) is 5.32 Å². The molecule has 0 saturated carbocycles. The van der Waals surface area contributed by atoms with Crippen LogP contribution in [0.3, 0.4) is 0 Å². The quantitative estimate of drug-likeness (QED) is 0.266. The number of ether oxygens (including phenoxy) is 1. The van der Waals surface area contributed by atoms with Crippen molar-refractivity contribution in [1.82, 2.24) is 18.3 Å². The average Bonchev–Trinajstić information content (AvgIpc) is 3.48. The van der Waals surface area contributed by atoms with Gasteiger partial charge in [0, 0.05) is 40.3 Å². The lowest BCUT2D eigenvalue weighted by Gasteiger charge is -2.09. The van der Waals surface area contributed by atoms with Crippen molar-refractivity contribution in [3.05, 3.63) is 72.4 Å². The predicted molar refractivity (Wildman–Crippen MR) is 145 cm³/mol. The van der Waals surface area contributed by atoms with E-state index in [4.69, 9.17) is 9.84 Å². The number of nitrogens with one attached hydrogen (secondary N) is 1. The number of anilines is 1. The number of rotatable bonds is 7. The van der Waals surface area contributed by atoms with E-state index in [2.05, 4.69) is 19.7 Å². The lowest BCUT2D eigenvalue weighted by Crippen LogP contribution is -2.11. The summed E-state index contributed by atoms with van der Waals surface area (Å²) in [7, 11) is -3.93. The van der Waals surface area contributed by atoms with Crippen LogP contribution in [0.15, 0.2) is 71.8 Å². The molecule has 5 aromatic rings. The summed E-state index contributed by atoms with van der Waals surface area (Å²) >= 11 is 0.911. The Labute approximate surface area is 222 Å². The van der Waals surface area contributed by atoms with Crippen molar-refractivity contribution in [3.8, 4) is 28.5 Å². The molecule has 0 unspecified atom stereocenters. The van der Waals surface area contributed by atoms with Gasteiger partial charge >= 0.3 is 6.09 Å². The van der Waals surface area contributed by atoms with Crippen molar-refractivity contribution in [2.24, 2.45) is 0 Å². The number of carbonyl (C=O) groups is 1. The molecule has 2 aromatic carbocycles. The first-order valence-corrected chi connectivity index (χ1v) is 13.8. The van der Waals surface area contributed by atoms with Gasteiger partial charge in [0.05, 0.1) is 22.2 Å². The van der Waals surface area contributed by atoms with E-state index in [1.165, 1.54) is 3.97 Å². The zero-order chi connectivity index (χ0) is 27.0. The molecular weight excluding hydrogens is 526 g/mol. The lowest BCUT2D eigenvalue weighted by molar-refractivity contribution is 0.209. The number of aromatic nitrogens is 4. The highest BCUT2D eigenvalue weighted by atomic mass is 32.2. The van der Waals surface area contributed by atoms with Crippen LogP contribution in [0.5, 0.6) is 5.88 Å². The molecule has 38 heavy (non-hydrogen) atoms. The number of fused-ring (bicyclic) bond motifs is 1. The number of hydrogen-bond acceptors (Lipinski definition) is 8. The number of nitrogens with zero attached hydrogens (tertiary/aromatic N) is 4. The molecular formula is C26H23N5O5S2. The molecule has 0 bridgehead atoms. The van der Waals surface area contributed by atoms with Crippen molar-refractivity contribution < 1.29 is 23.1 Å². The van der Waals surface area contributed by atoms with Gasteiger partial charge in [0.15, 0.2) is 5.82 Å². The second-order valence-electron chi connectivity index (χ2n) is 8.77. The van der Waals surface area contributed by atoms with Gasteiger partial charge in [-0.2, -0.15) is 9.36 Å². The Hall–Kier alpha value is -4.29. The topological polar surface area (TPSA) is 136 Å². The zero-order valence-corrected chi connectivity index (χ0v) is 22.2. The Morgan fingerprint density at radius 3 is 2.55 bits per heavy atom. The molecule has 2 N–H and O–H groups in total. The molecule has 0 aliphatic heterocycles. The smallest absolute Gasteiger partial charge is 0.411 e. The first-order valence-electron chi connectivity index (χ1n) is 11.6. The van der Waals surface area contributed by atoms with E-state index >= 15 is 0 Å². The number of aryl methyl sites for hydroxylation is 1. The molecule has 0 radical (unpaired) electrons. The zero-order valence-electron chi connectivity index (χ0n) is 20.6. The highest BCUT2D eigenvalue weighted by Crippen LogP contribution is 2.36. The predicted octanol–water partition coefficient (Wildman–Crippen LogP) is 5.64. The first-order chi connectivity index (χ1) is 18.1. The maximum Gasteiger partial charge on any atom is 0.411 e. The van der Waals surface area contributed by atoms with E-state index < -0.39 is 16.1 Å². The van der Waals surface area contributed by atoms with Crippen molar-refractivity contribution in [3.63, 3.8) is 0 Å². The van der Waals surface area contributed by atoms with E-state index in [1.54, 1.807) is 66.9 Å². The van der Waals surface area contributed by atoms with Crippen LogP contribution in [0.4, 0.5) is 9.93 Å². The molecule has 12 heteroatoms. The Bertz CT molecular complexity index is 1760. The van der Waals surface area contributed by atoms with Gasteiger partial charge in [0.1, 0.15) is 0 Å². The van der Waals surface area contributed by atoms with Crippen LogP contribution in [0.25, 0.3) is 33.5 Å². The van der Waals surface area contributed by atoms with Crippen LogP contribution < -0.4 is 10.1 Å². The van der Waals surface area contributed by atoms with Gasteiger partial charge in [-0.3, -0.25) is 5.32 Å². The maximum absolute atomic E-state index is 13.7. The molecule has 0 fully saturated rings. The second-order valence-corrected chi connectivity index (χ2v) is 11.3. The number of amides is 1. The van der Waals surface area contributed by atoms with Gasteiger partial charge in [-0.15, -0.1) is 0 Å². The summed E-state index contributed by atoms with van der Waals surface area (Å²) in [5.74, 6) is 0.729. The van der Waals surface area contributed by atoms with E-state index in [0.29, 0.717) is 39.4 Å². The molecule has 0 atom stereocenters. The third-order valence-electron chi connectivity index (χ3n) is 5.60. The summed E-state index contributed by atoms with van der Waals surface area (Å²) < 4.78 is 38.7. The minimum Gasteiger partial charge on any atom is -0.475 e. The summed E-state index contributed by atoms with van der Waals surface area (Å²) in [6.45, 7) is 5.69. The number of carboxylic acid groups (broad SMARTS) is 1. The molecule has 0 aliphatic rings. The van der Waals surface area contributed by atoms with Crippen LogP contribution in [0.2, 0.25) is 0 Å². The highest BCUT2D eigenvalue weighted by molar-refractivity contribution is 7.90. The fraction of sp³-hybridized carbons (Fsp3) is 0.154. The first kappa shape index (κ1) is 25.4. The molecule has 0 aliphatic carbocycles. The van der Waals surface area contributed by atoms with Crippen LogP contribution in [-0.4, -0.2) is 44.0 Å². The molecule has 0 saturated heterocycles. The van der Waals surface area contributed by atoms with E-state index in [0.717, 1.165) is 17.1 Å². The molecule has 1 amide bonds. The molecule has 3 aromatic heterocycles. The van der Waals surface area contributed by atoms with Gasteiger partial charge in [-0.25, -0.2) is 22.2 Å². The Morgan fingerprint density at radius 2 is 1.84 bits per heavy atom. The molecule has 5 rings (SSSR count).